The van der Waals surface area contributed by atoms with Gasteiger partial charge < -0.3 is 10.1 Å². The number of benzene rings is 2. The third kappa shape index (κ3) is 6.04. The first kappa shape index (κ1) is 28.1. The lowest BCUT2D eigenvalue weighted by Gasteiger charge is -2.36. The lowest BCUT2D eigenvalue weighted by molar-refractivity contribution is -0.139. The second kappa shape index (κ2) is 11.9. The van der Waals surface area contributed by atoms with Gasteiger partial charge in [-0.2, -0.15) is 4.31 Å². The third-order valence-corrected chi connectivity index (χ3v) is 9.02. The van der Waals surface area contributed by atoms with Gasteiger partial charge in [0.25, 0.3) is 0 Å². The number of hydrogen-bond donors (Lipinski definition) is 1. The number of likely N-dealkylation sites (N-methyl/N-ethyl adjacent to an activating group) is 1. The molecule has 0 aromatic heterocycles. The number of carbonyl (C=O) groups is 2. The van der Waals surface area contributed by atoms with E-state index in [1.165, 1.54) is 9.21 Å². The highest BCUT2D eigenvalue weighted by Gasteiger charge is 2.38. The van der Waals surface area contributed by atoms with Crippen LogP contribution in [0.25, 0.3) is 0 Å². The SMILES string of the molecule is CCOC(=O)C1=C(CN2CCCN(S(=O)(=O)c3ccc(C)cc3)CC2)N(C)C(=O)NC1c1ccc(Cl)cc1. The second-order valence-corrected chi connectivity index (χ2v) is 11.8. The van der Waals surface area contributed by atoms with Crippen LogP contribution in [-0.2, 0) is 19.6 Å². The number of esters is 1. The molecule has 11 heteroatoms. The predicted octanol–water partition coefficient (Wildman–Crippen LogP) is 3.56. The van der Waals surface area contributed by atoms with Crippen molar-refractivity contribution in [3.05, 3.63) is 76.0 Å². The summed E-state index contributed by atoms with van der Waals surface area (Å²) in [5.41, 5.74) is 2.59. The van der Waals surface area contributed by atoms with Crippen LogP contribution < -0.4 is 5.32 Å². The largest absolute Gasteiger partial charge is 0.463 e. The van der Waals surface area contributed by atoms with Crippen LogP contribution in [0.2, 0.25) is 5.02 Å². The zero-order valence-electron chi connectivity index (χ0n) is 21.8. The van der Waals surface area contributed by atoms with Crippen molar-refractivity contribution in [3.63, 3.8) is 0 Å². The van der Waals surface area contributed by atoms with E-state index in [2.05, 4.69) is 10.2 Å². The fourth-order valence-corrected chi connectivity index (χ4v) is 6.32. The van der Waals surface area contributed by atoms with Gasteiger partial charge in [0, 0.05) is 43.9 Å². The van der Waals surface area contributed by atoms with Crippen LogP contribution in [-0.4, -0.2) is 80.9 Å². The fraction of sp³-hybridized carbons (Fsp3) is 0.407. The molecule has 2 amide bonds. The molecule has 4 rings (SSSR count). The van der Waals surface area contributed by atoms with E-state index in [1.54, 1.807) is 62.5 Å². The topological polar surface area (TPSA) is 99.3 Å². The number of amides is 2. The van der Waals surface area contributed by atoms with E-state index in [4.69, 9.17) is 16.3 Å². The maximum atomic E-state index is 13.2. The van der Waals surface area contributed by atoms with Crippen molar-refractivity contribution >= 4 is 33.6 Å². The van der Waals surface area contributed by atoms with Crippen LogP contribution in [0.15, 0.2) is 64.7 Å². The van der Waals surface area contributed by atoms with Crippen molar-refractivity contribution in [2.75, 3.05) is 46.4 Å². The quantitative estimate of drug-likeness (QED) is 0.520. The second-order valence-electron chi connectivity index (χ2n) is 9.42. The van der Waals surface area contributed by atoms with E-state index in [0.717, 1.165) is 5.56 Å². The molecule has 2 aliphatic rings. The van der Waals surface area contributed by atoms with E-state index in [1.807, 2.05) is 6.92 Å². The van der Waals surface area contributed by atoms with Gasteiger partial charge in [-0.1, -0.05) is 41.4 Å². The maximum absolute atomic E-state index is 13.2. The van der Waals surface area contributed by atoms with Gasteiger partial charge in [-0.3, -0.25) is 9.80 Å². The molecule has 0 aliphatic carbocycles. The molecular formula is C27H33ClN4O5S. The summed E-state index contributed by atoms with van der Waals surface area (Å²) in [4.78, 5) is 29.9. The van der Waals surface area contributed by atoms with Crippen LogP contribution in [0.1, 0.15) is 30.5 Å². The van der Waals surface area contributed by atoms with Crippen molar-refractivity contribution in [2.45, 2.75) is 31.2 Å². The molecular weight excluding hydrogens is 528 g/mol. The Balaban J connectivity index is 1.61. The Bertz CT molecular complexity index is 1310. The molecule has 38 heavy (non-hydrogen) atoms. The fourth-order valence-electron chi connectivity index (χ4n) is 4.72. The molecule has 0 saturated carbocycles. The number of ether oxygens (including phenoxy) is 1. The number of rotatable bonds is 7. The highest BCUT2D eigenvalue weighted by molar-refractivity contribution is 7.89. The number of hydrogen-bond acceptors (Lipinski definition) is 6. The summed E-state index contributed by atoms with van der Waals surface area (Å²) in [6.07, 6.45) is 0.615. The van der Waals surface area contributed by atoms with Crippen molar-refractivity contribution in [1.29, 1.82) is 0 Å². The van der Waals surface area contributed by atoms with Crippen molar-refractivity contribution in [3.8, 4) is 0 Å². The van der Waals surface area contributed by atoms with E-state index in [-0.39, 0.29) is 17.5 Å². The minimum atomic E-state index is -3.62. The molecule has 1 N–H and O–H groups in total. The molecule has 1 saturated heterocycles. The zero-order chi connectivity index (χ0) is 27.4. The first-order valence-corrected chi connectivity index (χ1v) is 14.4. The molecule has 1 atom stereocenters. The number of nitrogens with one attached hydrogen (secondary N) is 1. The number of urea groups is 1. The summed E-state index contributed by atoms with van der Waals surface area (Å²) < 4.78 is 33.4. The molecule has 204 valence electrons. The van der Waals surface area contributed by atoms with Gasteiger partial charge in [-0.05, 0) is 56.6 Å². The van der Waals surface area contributed by atoms with Gasteiger partial charge in [-0.25, -0.2) is 18.0 Å². The van der Waals surface area contributed by atoms with E-state index >= 15 is 0 Å². The van der Waals surface area contributed by atoms with Crippen LogP contribution in [0, 0.1) is 6.92 Å². The summed E-state index contributed by atoms with van der Waals surface area (Å²) in [5.74, 6) is -0.507. The van der Waals surface area contributed by atoms with Crippen molar-refractivity contribution < 1.29 is 22.7 Å². The van der Waals surface area contributed by atoms with E-state index in [9.17, 15) is 18.0 Å². The summed E-state index contributed by atoms with van der Waals surface area (Å²) in [6.45, 7) is 5.88. The average molecular weight is 561 g/mol. The van der Waals surface area contributed by atoms with Crippen molar-refractivity contribution in [1.82, 2.24) is 19.4 Å². The van der Waals surface area contributed by atoms with Gasteiger partial charge in [0.2, 0.25) is 10.0 Å². The molecule has 1 unspecified atom stereocenters. The Kier molecular flexibility index (Phi) is 8.77. The Morgan fingerprint density at radius 2 is 1.74 bits per heavy atom. The van der Waals surface area contributed by atoms with Crippen LogP contribution in [0.4, 0.5) is 4.79 Å². The minimum absolute atomic E-state index is 0.191. The molecule has 2 aromatic rings. The molecule has 2 aliphatic heterocycles. The Morgan fingerprint density at radius 3 is 2.39 bits per heavy atom. The highest BCUT2D eigenvalue weighted by atomic mass is 35.5. The van der Waals surface area contributed by atoms with Crippen LogP contribution in [0.5, 0.6) is 0 Å². The van der Waals surface area contributed by atoms with Gasteiger partial charge in [0.1, 0.15) is 0 Å². The van der Waals surface area contributed by atoms with Gasteiger partial charge in [0.15, 0.2) is 0 Å². The zero-order valence-corrected chi connectivity index (χ0v) is 23.4. The van der Waals surface area contributed by atoms with Crippen LogP contribution >= 0.6 is 11.6 Å². The normalized spacial score (nSPS) is 19.7. The van der Waals surface area contributed by atoms with E-state index in [0.29, 0.717) is 61.0 Å². The number of aryl methyl sites for hydroxylation is 1. The minimum Gasteiger partial charge on any atom is -0.463 e. The molecule has 0 bridgehead atoms. The monoisotopic (exact) mass is 560 g/mol. The first-order chi connectivity index (χ1) is 18.1. The lowest BCUT2D eigenvalue weighted by atomic mass is 9.94. The number of nitrogens with zero attached hydrogens (tertiary/aromatic N) is 3. The standard InChI is InChI=1S/C27H33ClN4O5S/c1-4-37-26(33)24-23(30(3)27(34)29-25(24)20-8-10-21(28)11-9-20)18-31-14-5-15-32(17-16-31)38(35,36)22-12-6-19(2)7-13-22/h6-13,25H,4-5,14-18H2,1-3H3,(H,29,34). The van der Waals surface area contributed by atoms with Gasteiger partial charge in [0.05, 0.1) is 23.1 Å². The smallest absolute Gasteiger partial charge is 0.338 e. The van der Waals surface area contributed by atoms with E-state index < -0.39 is 22.0 Å². The predicted molar refractivity (Wildman–Crippen MR) is 145 cm³/mol. The van der Waals surface area contributed by atoms with Crippen molar-refractivity contribution in [2.24, 2.45) is 0 Å². The molecule has 2 aromatic carbocycles. The van der Waals surface area contributed by atoms with Crippen LogP contribution in [0.3, 0.4) is 0 Å². The van der Waals surface area contributed by atoms with Gasteiger partial charge >= 0.3 is 12.0 Å². The summed E-state index contributed by atoms with van der Waals surface area (Å²) in [6, 6.07) is 12.8. The molecule has 0 radical (unpaired) electrons. The number of sulfonamides is 1. The highest BCUT2D eigenvalue weighted by Crippen LogP contribution is 2.32. The summed E-state index contributed by atoms with van der Waals surface area (Å²) in [5, 5.41) is 3.44. The average Bonchev–Trinajstić information content (AvgIpc) is 3.13. The summed E-state index contributed by atoms with van der Waals surface area (Å²) in [7, 11) is -2.00. The molecule has 0 spiro atoms. The van der Waals surface area contributed by atoms with Gasteiger partial charge in [-0.15, -0.1) is 0 Å². The third-order valence-electron chi connectivity index (χ3n) is 6.86. The summed E-state index contributed by atoms with van der Waals surface area (Å²) >= 11 is 6.06. The first-order valence-electron chi connectivity index (χ1n) is 12.6. The maximum Gasteiger partial charge on any atom is 0.338 e. The molecule has 9 nitrogen and oxygen atoms in total. The Hall–Kier alpha value is -2.92. The Morgan fingerprint density at radius 1 is 1.05 bits per heavy atom. The lowest BCUT2D eigenvalue weighted by Crippen LogP contribution is -2.49. The number of halogens is 1. The number of carbonyl (C=O) groups excluding carboxylic acids is 2. The molecule has 1 fully saturated rings. The molecule has 2 heterocycles. The Labute approximate surface area is 229 Å².